The fourth-order valence-electron chi connectivity index (χ4n) is 1.67. The van der Waals surface area contributed by atoms with Crippen LogP contribution in [0.5, 0.6) is 0 Å². The van der Waals surface area contributed by atoms with Gasteiger partial charge in [0.25, 0.3) is 0 Å². The third-order valence-electron chi connectivity index (χ3n) is 2.64. The van der Waals surface area contributed by atoms with Crippen molar-refractivity contribution in [2.75, 3.05) is 26.7 Å². The molecule has 104 valence electrons. The van der Waals surface area contributed by atoms with Gasteiger partial charge in [0.1, 0.15) is 5.60 Å². The van der Waals surface area contributed by atoms with Gasteiger partial charge < -0.3 is 20.3 Å². The summed E-state index contributed by atoms with van der Waals surface area (Å²) < 4.78 is 5.29. The summed E-state index contributed by atoms with van der Waals surface area (Å²) in [6.45, 7) is 7.00. The van der Waals surface area contributed by atoms with Gasteiger partial charge in [0.15, 0.2) is 0 Å². The third kappa shape index (κ3) is 4.52. The van der Waals surface area contributed by atoms with Gasteiger partial charge in [-0.2, -0.15) is 0 Å². The number of likely N-dealkylation sites (N-methyl/N-ethyl adjacent to an activating group) is 1. The first-order valence-electron chi connectivity index (χ1n) is 6.24. The molecule has 1 aliphatic rings. The molecule has 1 atom stereocenters. The van der Waals surface area contributed by atoms with Crippen LogP contribution in [0, 0.1) is 0 Å². The van der Waals surface area contributed by atoms with Crippen molar-refractivity contribution >= 4 is 12.0 Å². The Morgan fingerprint density at radius 2 is 2.06 bits per heavy atom. The number of hydrogen-bond donors (Lipinski definition) is 2. The first kappa shape index (κ1) is 14.8. The van der Waals surface area contributed by atoms with Crippen LogP contribution in [0.4, 0.5) is 4.79 Å². The molecular weight excluding hydrogens is 234 g/mol. The van der Waals surface area contributed by atoms with Crippen LogP contribution in [0.1, 0.15) is 27.2 Å². The van der Waals surface area contributed by atoms with Crippen molar-refractivity contribution in [2.45, 2.75) is 38.8 Å². The highest BCUT2D eigenvalue weighted by molar-refractivity contribution is 5.78. The second-order valence-electron chi connectivity index (χ2n) is 5.45. The second-order valence-corrected chi connectivity index (χ2v) is 5.45. The summed E-state index contributed by atoms with van der Waals surface area (Å²) in [7, 11) is 1.72. The van der Waals surface area contributed by atoms with Crippen molar-refractivity contribution in [1.82, 2.24) is 15.5 Å². The first-order valence-corrected chi connectivity index (χ1v) is 6.24. The van der Waals surface area contributed by atoms with E-state index in [0.29, 0.717) is 19.6 Å². The Hall–Kier alpha value is -1.30. The van der Waals surface area contributed by atoms with E-state index < -0.39 is 5.60 Å². The lowest BCUT2D eigenvalue weighted by molar-refractivity contribution is -0.120. The van der Waals surface area contributed by atoms with Crippen molar-refractivity contribution < 1.29 is 14.3 Å². The number of nitrogens with one attached hydrogen (secondary N) is 2. The van der Waals surface area contributed by atoms with Crippen LogP contribution in [-0.2, 0) is 9.53 Å². The lowest BCUT2D eigenvalue weighted by Crippen LogP contribution is -2.57. The van der Waals surface area contributed by atoms with Gasteiger partial charge in [-0.25, -0.2) is 4.79 Å². The quantitative estimate of drug-likeness (QED) is 0.761. The third-order valence-corrected chi connectivity index (χ3v) is 2.64. The largest absolute Gasteiger partial charge is 0.444 e. The van der Waals surface area contributed by atoms with Crippen molar-refractivity contribution in [3.05, 3.63) is 0 Å². The van der Waals surface area contributed by atoms with Gasteiger partial charge >= 0.3 is 6.09 Å². The zero-order valence-corrected chi connectivity index (χ0v) is 11.6. The Balaban J connectivity index is 2.32. The molecule has 6 nitrogen and oxygen atoms in total. The number of hydrogen-bond acceptors (Lipinski definition) is 4. The maximum Gasteiger partial charge on any atom is 0.410 e. The van der Waals surface area contributed by atoms with Gasteiger partial charge in [0.05, 0.1) is 12.6 Å². The molecule has 1 saturated heterocycles. The van der Waals surface area contributed by atoms with E-state index in [1.807, 2.05) is 20.8 Å². The molecule has 0 radical (unpaired) electrons. The highest BCUT2D eigenvalue weighted by Gasteiger charge is 2.35. The number of ether oxygens (including phenoxy) is 1. The standard InChI is InChI=1S/C12H23N3O3/c1-12(2,3)18-11(17)15-6-5-9(15)7-14-10(16)8-13-4/h9,13H,5-8H2,1-4H3,(H,14,16). The van der Waals surface area contributed by atoms with E-state index in [1.54, 1.807) is 11.9 Å². The highest BCUT2D eigenvalue weighted by Crippen LogP contribution is 2.20. The second kappa shape index (κ2) is 6.04. The molecule has 18 heavy (non-hydrogen) atoms. The minimum atomic E-state index is -0.480. The summed E-state index contributed by atoms with van der Waals surface area (Å²) in [5.41, 5.74) is -0.480. The molecule has 0 aromatic rings. The Labute approximate surface area is 108 Å². The molecule has 2 amide bonds. The SMILES string of the molecule is CNCC(=O)NCC1CCN1C(=O)OC(C)(C)C. The predicted octanol–water partition coefficient (Wildman–Crippen LogP) is 0.331. The lowest BCUT2D eigenvalue weighted by atomic mass is 10.0. The minimum absolute atomic E-state index is 0.0562. The molecule has 0 aromatic carbocycles. The fraction of sp³-hybridized carbons (Fsp3) is 0.833. The Morgan fingerprint density at radius 3 is 2.50 bits per heavy atom. The van der Waals surface area contributed by atoms with Gasteiger partial charge in [-0.1, -0.05) is 0 Å². The monoisotopic (exact) mass is 257 g/mol. The maximum absolute atomic E-state index is 11.8. The summed E-state index contributed by atoms with van der Waals surface area (Å²) in [5.74, 6) is -0.0615. The van der Waals surface area contributed by atoms with E-state index in [0.717, 1.165) is 6.42 Å². The number of amides is 2. The van der Waals surface area contributed by atoms with Crippen molar-refractivity contribution in [3.63, 3.8) is 0 Å². The summed E-state index contributed by atoms with van der Waals surface area (Å²) in [6, 6.07) is 0.0562. The van der Waals surface area contributed by atoms with E-state index in [-0.39, 0.29) is 18.0 Å². The van der Waals surface area contributed by atoms with Gasteiger partial charge in [-0.15, -0.1) is 0 Å². The summed E-state index contributed by atoms with van der Waals surface area (Å²) in [5, 5.41) is 5.56. The molecule has 1 aliphatic heterocycles. The van der Waals surface area contributed by atoms with Crippen LogP contribution in [-0.4, -0.2) is 55.2 Å². The predicted molar refractivity (Wildman–Crippen MR) is 68.3 cm³/mol. The summed E-state index contributed by atoms with van der Waals surface area (Å²) in [4.78, 5) is 24.7. The average Bonchev–Trinajstić information content (AvgIpc) is 2.13. The molecule has 0 aromatic heterocycles. The Morgan fingerprint density at radius 1 is 1.39 bits per heavy atom. The molecule has 0 saturated carbocycles. The van der Waals surface area contributed by atoms with Gasteiger partial charge in [0.2, 0.25) is 5.91 Å². The van der Waals surface area contributed by atoms with Crippen LogP contribution in [0.25, 0.3) is 0 Å². The topological polar surface area (TPSA) is 70.7 Å². The fourth-order valence-corrected chi connectivity index (χ4v) is 1.67. The van der Waals surface area contributed by atoms with Crippen molar-refractivity contribution in [2.24, 2.45) is 0 Å². The van der Waals surface area contributed by atoms with Crippen LogP contribution in [0.2, 0.25) is 0 Å². The number of likely N-dealkylation sites (tertiary alicyclic amines) is 1. The smallest absolute Gasteiger partial charge is 0.410 e. The van der Waals surface area contributed by atoms with E-state index in [4.69, 9.17) is 4.74 Å². The Kier molecular flexibility index (Phi) is 4.95. The number of carbonyl (C=O) groups is 2. The van der Waals surface area contributed by atoms with E-state index in [9.17, 15) is 9.59 Å². The molecule has 0 spiro atoms. The molecule has 1 unspecified atom stereocenters. The Bertz CT molecular complexity index is 312. The normalized spacial score (nSPS) is 19.1. The van der Waals surface area contributed by atoms with Crippen LogP contribution in [0.3, 0.4) is 0 Å². The molecule has 1 rings (SSSR count). The van der Waals surface area contributed by atoms with Crippen LogP contribution < -0.4 is 10.6 Å². The van der Waals surface area contributed by atoms with Gasteiger partial charge in [-0.05, 0) is 34.2 Å². The summed E-state index contributed by atoms with van der Waals surface area (Å²) >= 11 is 0. The zero-order chi connectivity index (χ0) is 13.8. The van der Waals surface area contributed by atoms with Crippen LogP contribution >= 0.6 is 0 Å². The number of nitrogens with zero attached hydrogens (tertiary/aromatic N) is 1. The first-order chi connectivity index (χ1) is 8.33. The molecule has 2 N–H and O–H groups in total. The molecule has 6 heteroatoms. The molecule has 1 fully saturated rings. The van der Waals surface area contributed by atoms with Crippen LogP contribution in [0.15, 0.2) is 0 Å². The van der Waals surface area contributed by atoms with Crippen molar-refractivity contribution in [1.29, 1.82) is 0 Å². The molecule has 1 heterocycles. The lowest BCUT2D eigenvalue weighted by Gasteiger charge is -2.41. The summed E-state index contributed by atoms with van der Waals surface area (Å²) in [6.07, 6.45) is 0.598. The van der Waals surface area contributed by atoms with E-state index in [1.165, 1.54) is 0 Å². The molecule has 0 aliphatic carbocycles. The average molecular weight is 257 g/mol. The highest BCUT2D eigenvalue weighted by atomic mass is 16.6. The number of carbonyl (C=O) groups excluding carboxylic acids is 2. The van der Waals surface area contributed by atoms with E-state index >= 15 is 0 Å². The minimum Gasteiger partial charge on any atom is -0.444 e. The van der Waals surface area contributed by atoms with Crippen molar-refractivity contribution in [3.8, 4) is 0 Å². The van der Waals surface area contributed by atoms with E-state index in [2.05, 4.69) is 10.6 Å². The maximum atomic E-state index is 11.8. The molecular formula is C12H23N3O3. The zero-order valence-electron chi connectivity index (χ0n) is 11.6. The van der Waals surface area contributed by atoms with Gasteiger partial charge in [-0.3, -0.25) is 4.79 Å². The van der Waals surface area contributed by atoms with Gasteiger partial charge in [0, 0.05) is 13.1 Å². The molecule has 0 bridgehead atoms. The number of rotatable bonds is 4.